The quantitative estimate of drug-likeness (QED) is 0.622. The van der Waals surface area contributed by atoms with Crippen molar-refractivity contribution in [3.05, 3.63) is 0 Å². The molecule has 1 amide bonds. The summed E-state index contributed by atoms with van der Waals surface area (Å²) in [7, 11) is -3.48. The minimum Gasteiger partial charge on any atom is -0.481 e. The molecule has 0 heterocycles. The highest BCUT2D eigenvalue weighted by Crippen LogP contribution is 2.29. The summed E-state index contributed by atoms with van der Waals surface area (Å²) in [6, 6.07) is 0. The summed E-state index contributed by atoms with van der Waals surface area (Å²) < 4.78 is 25.6. The number of rotatable bonds is 9. The van der Waals surface area contributed by atoms with Gasteiger partial charge >= 0.3 is 5.97 Å². The number of carboxylic acid groups (broad SMARTS) is 1. The SMILES string of the molecule is CC(C)C(C(=O)NCCCCC(=O)O)S(=O)(=O)C1CCCCC1. The fraction of sp³-hybridized carbons (Fsp3) is 0.875. The fourth-order valence-electron chi connectivity index (χ4n) is 3.15. The maximum Gasteiger partial charge on any atom is 0.303 e. The molecule has 0 aromatic heterocycles. The van der Waals surface area contributed by atoms with Gasteiger partial charge < -0.3 is 10.4 Å². The van der Waals surface area contributed by atoms with E-state index < -0.39 is 32.2 Å². The first kappa shape index (κ1) is 19.9. The van der Waals surface area contributed by atoms with E-state index in [9.17, 15) is 18.0 Å². The first-order chi connectivity index (χ1) is 10.8. The Morgan fingerprint density at radius 2 is 1.74 bits per heavy atom. The lowest BCUT2D eigenvalue weighted by Crippen LogP contribution is -2.47. The molecule has 0 radical (unpaired) electrons. The van der Waals surface area contributed by atoms with Gasteiger partial charge in [-0.25, -0.2) is 8.42 Å². The molecule has 1 aliphatic rings. The summed E-state index contributed by atoms with van der Waals surface area (Å²) in [5.74, 6) is -1.59. The van der Waals surface area contributed by atoms with Crippen LogP contribution in [0.5, 0.6) is 0 Å². The van der Waals surface area contributed by atoms with E-state index in [2.05, 4.69) is 5.32 Å². The van der Waals surface area contributed by atoms with Crippen LogP contribution in [-0.2, 0) is 19.4 Å². The largest absolute Gasteiger partial charge is 0.481 e. The average Bonchev–Trinajstić information content (AvgIpc) is 2.46. The van der Waals surface area contributed by atoms with Gasteiger partial charge in [0.15, 0.2) is 9.84 Å². The lowest BCUT2D eigenvalue weighted by atomic mass is 10.0. The van der Waals surface area contributed by atoms with Gasteiger partial charge in [0.25, 0.3) is 0 Å². The number of hydrogen-bond donors (Lipinski definition) is 2. The number of hydrogen-bond acceptors (Lipinski definition) is 4. The molecule has 1 aliphatic carbocycles. The van der Waals surface area contributed by atoms with E-state index in [1.807, 2.05) is 0 Å². The van der Waals surface area contributed by atoms with Crippen LogP contribution < -0.4 is 5.32 Å². The molecular weight excluding hydrogens is 318 g/mol. The number of nitrogens with one attached hydrogen (secondary N) is 1. The van der Waals surface area contributed by atoms with Gasteiger partial charge in [-0.3, -0.25) is 9.59 Å². The van der Waals surface area contributed by atoms with Crippen molar-refractivity contribution in [1.82, 2.24) is 5.32 Å². The third kappa shape index (κ3) is 6.12. The first-order valence-electron chi connectivity index (χ1n) is 8.49. The molecule has 23 heavy (non-hydrogen) atoms. The Hall–Kier alpha value is -1.11. The lowest BCUT2D eigenvalue weighted by molar-refractivity contribution is -0.137. The van der Waals surface area contributed by atoms with Crippen molar-refractivity contribution in [2.45, 2.75) is 75.7 Å². The molecule has 1 fully saturated rings. The molecule has 2 N–H and O–H groups in total. The average molecular weight is 347 g/mol. The van der Waals surface area contributed by atoms with Gasteiger partial charge in [-0.2, -0.15) is 0 Å². The van der Waals surface area contributed by atoms with Crippen LogP contribution in [-0.4, -0.2) is 42.4 Å². The van der Waals surface area contributed by atoms with Gasteiger partial charge in [-0.05, 0) is 31.6 Å². The van der Waals surface area contributed by atoms with Gasteiger partial charge in [0, 0.05) is 13.0 Å². The Kier molecular flexibility index (Phi) is 8.02. The third-order valence-electron chi connectivity index (χ3n) is 4.35. The highest BCUT2D eigenvalue weighted by Gasteiger charge is 2.40. The van der Waals surface area contributed by atoms with Crippen molar-refractivity contribution < 1.29 is 23.1 Å². The molecule has 0 aliphatic heterocycles. The maximum absolute atomic E-state index is 12.8. The van der Waals surface area contributed by atoms with Crippen LogP contribution in [0.1, 0.15) is 65.2 Å². The number of carboxylic acids is 1. The van der Waals surface area contributed by atoms with E-state index in [0.29, 0.717) is 32.2 Å². The Labute approximate surface area is 139 Å². The zero-order chi connectivity index (χ0) is 17.5. The van der Waals surface area contributed by atoms with Crippen LogP contribution in [0.2, 0.25) is 0 Å². The van der Waals surface area contributed by atoms with Crippen molar-refractivity contribution in [1.29, 1.82) is 0 Å². The molecule has 1 rings (SSSR count). The maximum atomic E-state index is 12.8. The molecule has 0 bridgehead atoms. The molecule has 1 unspecified atom stereocenters. The highest BCUT2D eigenvalue weighted by atomic mass is 32.2. The van der Waals surface area contributed by atoms with Crippen molar-refractivity contribution >= 4 is 21.7 Å². The number of aliphatic carboxylic acids is 1. The standard InChI is InChI=1S/C16H29NO5S/c1-12(2)15(16(20)17-11-7-6-10-14(18)19)23(21,22)13-8-4-3-5-9-13/h12-13,15H,3-11H2,1-2H3,(H,17,20)(H,18,19). The van der Waals surface area contributed by atoms with Gasteiger partial charge in [0.05, 0.1) is 5.25 Å². The number of sulfone groups is 1. The minimum atomic E-state index is -3.48. The van der Waals surface area contributed by atoms with Crippen LogP contribution in [0.4, 0.5) is 0 Å². The topological polar surface area (TPSA) is 101 Å². The minimum absolute atomic E-state index is 0.0594. The zero-order valence-corrected chi connectivity index (χ0v) is 14.9. The smallest absolute Gasteiger partial charge is 0.303 e. The highest BCUT2D eigenvalue weighted by molar-refractivity contribution is 7.93. The van der Waals surface area contributed by atoms with Crippen molar-refractivity contribution in [2.75, 3.05) is 6.54 Å². The summed E-state index contributed by atoms with van der Waals surface area (Å²) >= 11 is 0. The Morgan fingerprint density at radius 1 is 1.13 bits per heavy atom. The number of unbranched alkanes of at least 4 members (excludes halogenated alkanes) is 1. The summed E-state index contributed by atoms with van der Waals surface area (Å²) in [5.41, 5.74) is 0. The normalized spacial score (nSPS) is 17.9. The summed E-state index contributed by atoms with van der Waals surface area (Å²) in [6.07, 6.45) is 5.24. The zero-order valence-electron chi connectivity index (χ0n) is 14.1. The second kappa shape index (κ2) is 9.25. The number of carbonyl (C=O) groups excluding carboxylic acids is 1. The predicted octanol–water partition coefficient (Wildman–Crippen LogP) is 2.13. The van der Waals surface area contributed by atoms with Crippen LogP contribution in [0, 0.1) is 5.92 Å². The fourth-order valence-corrected chi connectivity index (χ4v) is 5.69. The first-order valence-corrected chi connectivity index (χ1v) is 10.1. The Morgan fingerprint density at radius 3 is 2.26 bits per heavy atom. The van der Waals surface area contributed by atoms with Crippen molar-refractivity contribution in [2.24, 2.45) is 5.92 Å². The van der Waals surface area contributed by atoms with Crippen LogP contribution in [0.15, 0.2) is 0 Å². The molecule has 0 spiro atoms. The van der Waals surface area contributed by atoms with Gasteiger partial charge in [0.2, 0.25) is 5.91 Å². The summed E-state index contributed by atoms with van der Waals surface area (Å²) in [6.45, 7) is 3.83. The van der Waals surface area contributed by atoms with Crippen molar-refractivity contribution in [3.8, 4) is 0 Å². The predicted molar refractivity (Wildman–Crippen MR) is 88.9 cm³/mol. The second-order valence-electron chi connectivity index (χ2n) is 6.66. The van der Waals surface area contributed by atoms with E-state index in [0.717, 1.165) is 19.3 Å². The van der Waals surface area contributed by atoms with Crippen molar-refractivity contribution in [3.63, 3.8) is 0 Å². The number of carbonyl (C=O) groups is 2. The molecule has 6 nitrogen and oxygen atoms in total. The molecule has 0 saturated heterocycles. The van der Waals surface area contributed by atoms with Gasteiger partial charge in [-0.15, -0.1) is 0 Å². The summed E-state index contributed by atoms with van der Waals surface area (Å²) in [4.78, 5) is 22.8. The molecule has 134 valence electrons. The van der Waals surface area contributed by atoms with Gasteiger partial charge in [-0.1, -0.05) is 33.1 Å². The van der Waals surface area contributed by atoms with Crippen LogP contribution in [0.3, 0.4) is 0 Å². The van der Waals surface area contributed by atoms with E-state index in [-0.39, 0.29) is 12.3 Å². The monoisotopic (exact) mass is 347 g/mol. The molecule has 0 aromatic carbocycles. The lowest BCUT2D eigenvalue weighted by Gasteiger charge is -2.28. The molecule has 0 aromatic rings. The molecule has 1 atom stereocenters. The Bertz CT molecular complexity index is 495. The molecule has 1 saturated carbocycles. The van der Waals surface area contributed by atoms with Gasteiger partial charge in [0.1, 0.15) is 5.25 Å². The van der Waals surface area contributed by atoms with E-state index >= 15 is 0 Å². The number of amides is 1. The molecular formula is C16H29NO5S. The van der Waals surface area contributed by atoms with E-state index in [1.165, 1.54) is 0 Å². The van der Waals surface area contributed by atoms with Crippen LogP contribution in [0.25, 0.3) is 0 Å². The van der Waals surface area contributed by atoms with Crippen LogP contribution >= 0.6 is 0 Å². The Balaban J connectivity index is 2.62. The van der Waals surface area contributed by atoms with E-state index in [4.69, 9.17) is 5.11 Å². The second-order valence-corrected chi connectivity index (χ2v) is 9.01. The summed E-state index contributed by atoms with van der Waals surface area (Å²) in [5, 5.41) is 9.83. The third-order valence-corrected chi connectivity index (χ3v) is 7.22. The van der Waals surface area contributed by atoms with E-state index in [1.54, 1.807) is 13.8 Å². The molecule has 7 heteroatoms.